The second kappa shape index (κ2) is 6.18. The zero-order valence-electron chi connectivity index (χ0n) is 11.7. The first-order valence-electron chi connectivity index (χ1n) is 7.46. The van der Waals surface area contributed by atoms with Crippen LogP contribution in [-0.4, -0.2) is 10.1 Å². The highest BCUT2D eigenvalue weighted by Gasteiger charge is 2.21. The maximum atomic E-state index is 5.76. The number of nitrogens with two attached hydrogens (primary N) is 1. The molecule has 20 heavy (non-hydrogen) atoms. The molecule has 2 aromatic rings. The summed E-state index contributed by atoms with van der Waals surface area (Å²) in [7, 11) is 0. The Morgan fingerprint density at radius 1 is 1.10 bits per heavy atom. The highest BCUT2D eigenvalue weighted by Crippen LogP contribution is 2.31. The smallest absolute Gasteiger partial charge is 0.231 e. The normalized spacial score (nSPS) is 16.4. The predicted octanol–water partition coefficient (Wildman–Crippen LogP) is 3.17. The van der Waals surface area contributed by atoms with E-state index in [1.165, 1.54) is 37.7 Å². The standard InChI is InChI=1S/C16H21N3O/c17-11-14-9-5-4-8-13(14)10-15-18-16(19-20-15)12-6-2-1-3-7-12/h4-5,8-9,12H,1-3,6-7,10-11,17H2. The van der Waals surface area contributed by atoms with Gasteiger partial charge in [0.1, 0.15) is 0 Å². The molecule has 3 rings (SSSR count). The van der Waals surface area contributed by atoms with Crippen LogP contribution in [0, 0.1) is 0 Å². The second-order valence-electron chi connectivity index (χ2n) is 5.53. The van der Waals surface area contributed by atoms with Gasteiger partial charge in [-0.1, -0.05) is 48.7 Å². The summed E-state index contributed by atoms with van der Waals surface area (Å²) in [5, 5.41) is 4.17. The van der Waals surface area contributed by atoms with E-state index in [1.54, 1.807) is 0 Å². The molecular formula is C16H21N3O. The fraction of sp³-hybridized carbons (Fsp3) is 0.500. The van der Waals surface area contributed by atoms with Gasteiger partial charge in [0.25, 0.3) is 0 Å². The maximum absolute atomic E-state index is 5.76. The van der Waals surface area contributed by atoms with Crippen LogP contribution in [0.15, 0.2) is 28.8 Å². The van der Waals surface area contributed by atoms with E-state index in [0.29, 0.717) is 24.8 Å². The van der Waals surface area contributed by atoms with Gasteiger partial charge >= 0.3 is 0 Å². The van der Waals surface area contributed by atoms with E-state index in [2.05, 4.69) is 16.2 Å². The van der Waals surface area contributed by atoms with Gasteiger partial charge in [-0.25, -0.2) is 0 Å². The first kappa shape index (κ1) is 13.3. The molecule has 0 unspecified atom stereocenters. The van der Waals surface area contributed by atoms with E-state index in [0.717, 1.165) is 11.4 Å². The van der Waals surface area contributed by atoms with Crippen LogP contribution in [0.4, 0.5) is 0 Å². The van der Waals surface area contributed by atoms with Gasteiger partial charge < -0.3 is 10.3 Å². The van der Waals surface area contributed by atoms with Crippen molar-refractivity contribution in [2.45, 2.75) is 51.0 Å². The van der Waals surface area contributed by atoms with Crippen molar-refractivity contribution in [1.82, 2.24) is 10.1 Å². The van der Waals surface area contributed by atoms with Crippen molar-refractivity contribution in [1.29, 1.82) is 0 Å². The Kier molecular flexibility index (Phi) is 4.11. The third kappa shape index (κ3) is 2.90. The Balaban J connectivity index is 1.73. The van der Waals surface area contributed by atoms with Gasteiger partial charge in [0.2, 0.25) is 5.89 Å². The Bertz CT molecular complexity index is 558. The summed E-state index contributed by atoms with van der Waals surface area (Å²) in [6, 6.07) is 8.15. The summed E-state index contributed by atoms with van der Waals surface area (Å²) in [4.78, 5) is 4.59. The van der Waals surface area contributed by atoms with Crippen LogP contribution in [0.3, 0.4) is 0 Å². The molecule has 2 N–H and O–H groups in total. The molecule has 1 aromatic heterocycles. The molecule has 0 saturated heterocycles. The SMILES string of the molecule is NCc1ccccc1Cc1nc(C2CCCCC2)no1. The van der Waals surface area contributed by atoms with Crippen LogP contribution in [0.25, 0.3) is 0 Å². The van der Waals surface area contributed by atoms with E-state index < -0.39 is 0 Å². The minimum atomic E-state index is 0.492. The molecule has 1 fully saturated rings. The first-order valence-corrected chi connectivity index (χ1v) is 7.46. The lowest BCUT2D eigenvalue weighted by molar-refractivity contribution is 0.362. The molecule has 0 spiro atoms. The summed E-state index contributed by atoms with van der Waals surface area (Å²) < 4.78 is 5.42. The molecule has 0 bridgehead atoms. The van der Waals surface area contributed by atoms with Crippen LogP contribution in [0.5, 0.6) is 0 Å². The molecule has 0 aliphatic heterocycles. The fourth-order valence-corrected chi connectivity index (χ4v) is 2.96. The van der Waals surface area contributed by atoms with Gasteiger partial charge in [-0.2, -0.15) is 4.98 Å². The Morgan fingerprint density at radius 2 is 1.85 bits per heavy atom. The van der Waals surface area contributed by atoms with Crippen LogP contribution >= 0.6 is 0 Å². The quantitative estimate of drug-likeness (QED) is 0.927. The van der Waals surface area contributed by atoms with E-state index >= 15 is 0 Å². The molecule has 106 valence electrons. The Labute approximate surface area is 119 Å². The Morgan fingerprint density at radius 3 is 2.60 bits per heavy atom. The van der Waals surface area contributed by atoms with Crippen molar-refractivity contribution in [2.75, 3.05) is 0 Å². The van der Waals surface area contributed by atoms with Crippen molar-refractivity contribution in [2.24, 2.45) is 5.73 Å². The number of hydrogen-bond acceptors (Lipinski definition) is 4. The third-order valence-corrected chi connectivity index (χ3v) is 4.13. The highest BCUT2D eigenvalue weighted by molar-refractivity contribution is 5.29. The topological polar surface area (TPSA) is 64.9 Å². The second-order valence-corrected chi connectivity index (χ2v) is 5.53. The molecule has 1 heterocycles. The lowest BCUT2D eigenvalue weighted by Gasteiger charge is -2.17. The summed E-state index contributed by atoms with van der Waals surface area (Å²) >= 11 is 0. The third-order valence-electron chi connectivity index (χ3n) is 4.13. The molecule has 1 aliphatic rings. The highest BCUT2D eigenvalue weighted by atomic mass is 16.5. The first-order chi connectivity index (χ1) is 9.86. The maximum Gasteiger partial charge on any atom is 0.231 e. The fourth-order valence-electron chi connectivity index (χ4n) is 2.96. The molecule has 0 atom stereocenters. The zero-order chi connectivity index (χ0) is 13.8. The van der Waals surface area contributed by atoms with E-state index in [-0.39, 0.29) is 0 Å². The van der Waals surface area contributed by atoms with Crippen molar-refractivity contribution >= 4 is 0 Å². The molecule has 0 radical (unpaired) electrons. The van der Waals surface area contributed by atoms with E-state index in [1.807, 2.05) is 18.2 Å². The van der Waals surface area contributed by atoms with Crippen molar-refractivity contribution in [3.8, 4) is 0 Å². The number of nitrogens with zero attached hydrogens (tertiary/aromatic N) is 2. The summed E-state index contributed by atoms with van der Waals surface area (Å²) in [6.07, 6.45) is 6.96. The van der Waals surface area contributed by atoms with Gasteiger partial charge in [0.05, 0.1) is 6.42 Å². The Hall–Kier alpha value is -1.68. The minimum Gasteiger partial charge on any atom is -0.339 e. The van der Waals surface area contributed by atoms with Gasteiger partial charge in [-0.3, -0.25) is 0 Å². The molecular weight excluding hydrogens is 250 g/mol. The molecule has 1 aromatic carbocycles. The molecule has 0 amide bonds. The van der Waals surface area contributed by atoms with Crippen LogP contribution in [-0.2, 0) is 13.0 Å². The summed E-state index contributed by atoms with van der Waals surface area (Å²) in [5.41, 5.74) is 8.08. The molecule has 1 saturated carbocycles. The average Bonchev–Trinajstić information content (AvgIpc) is 2.97. The lowest BCUT2D eigenvalue weighted by atomic mass is 9.89. The number of benzene rings is 1. The van der Waals surface area contributed by atoms with Crippen LogP contribution in [0.2, 0.25) is 0 Å². The van der Waals surface area contributed by atoms with Gasteiger partial charge in [0.15, 0.2) is 5.82 Å². The van der Waals surface area contributed by atoms with Gasteiger partial charge in [-0.15, -0.1) is 0 Å². The molecule has 4 heteroatoms. The zero-order valence-corrected chi connectivity index (χ0v) is 11.7. The van der Waals surface area contributed by atoms with Crippen molar-refractivity contribution < 1.29 is 4.52 Å². The molecule has 1 aliphatic carbocycles. The van der Waals surface area contributed by atoms with Crippen LogP contribution < -0.4 is 5.73 Å². The summed E-state index contributed by atoms with van der Waals surface area (Å²) in [6.45, 7) is 0.541. The van der Waals surface area contributed by atoms with Crippen molar-refractivity contribution in [3.63, 3.8) is 0 Å². The van der Waals surface area contributed by atoms with Gasteiger partial charge in [-0.05, 0) is 24.0 Å². The lowest BCUT2D eigenvalue weighted by Crippen LogP contribution is -2.06. The van der Waals surface area contributed by atoms with E-state index in [9.17, 15) is 0 Å². The monoisotopic (exact) mass is 271 g/mol. The average molecular weight is 271 g/mol. The number of hydrogen-bond donors (Lipinski definition) is 1. The summed E-state index contributed by atoms with van der Waals surface area (Å²) in [5.74, 6) is 2.09. The van der Waals surface area contributed by atoms with Crippen molar-refractivity contribution in [3.05, 3.63) is 47.1 Å². The van der Waals surface area contributed by atoms with E-state index in [4.69, 9.17) is 10.3 Å². The van der Waals surface area contributed by atoms with Crippen LogP contribution in [0.1, 0.15) is 60.9 Å². The van der Waals surface area contributed by atoms with Gasteiger partial charge in [0, 0.05) is 12.5 Å². The number of rotatable bonds is 4. The predicted molar refractivity (Wildman–Crippen MR) is 77.3 cm³/mol. The molecule has 4 nitrogen and oxygen atoms in total. The minimum absolute atomic E-state index is 0.492. The number of aromatic nitrogens is 2. The largest absolute Gasteiger partial charge is 0.339 e.